The van der Waals surface area contributed by atoms with E-state index in [1.54, 1.807) is 0 Å². The number of rotatable bonds is 8. The smallest absolute Gasteiger partial charge is 0.0540 e. The Labute approximate surface area is 332 Å². The van der Waals surface area contributed by atoms with E-state index in [-0.39, 0.29) is 0 Å². The molecule has 1 heterocycles. The number of hydrogen-bond donors (Lipinski definition) is 0. The van der Waals surface area contributed by atoms with Crippen molar-refractivity contribution in [2.24, 2.45) is 0 Å². The minimum atomic E-state index is 1.10. The van der Waals surface area contributed by atoms with Crippen molar-refractivity contribution in [3.8, 4) is 55.6 Å². The van der Waals surface area contributed by atoms with Gasteiger partial charge in [-0.2, -0.15) is 0 Å². The fraction of sp³-hybridized carbons (Fsp3) is 0. The summed E-state index contributed by atoms with van der Waals surface area (Å²) in [5, 5.41) is 2.64. The Morgan fingerprint density at radius 2 is 0.696 bits per heavy atom. The number of benzene rings is 9. The fourth-order valence-electron chi connectivity index (χ4n) is 8.01. The topological polar surface area (TPSA) is 3.24 Å². The molecule has 1 nitrogen and oxygen atoms in total. The van der Waals surface area contributed by atoms with E-state index in [0.717, 1.165) is 22.6 Å². The van der Waals surface area contributed by atoms with Crippen molar-refractivity contribution >= 4 is 48.6 Å². The zero-order valence-electron chi connectivity index (χ0n) is 30.7. The normalized spacial score (nSPS) is 11.2. The van der Waals surface area contributed by atoms with Crippen molar-refractivity contribution in [1.29, 1.82) is 0 Å². The molecule has 10 rings (SSSR count). The number of fused-ring (bicyclic) bond motifs is 3. The van der Waals surface area contributed by atoms with Crippen LogP contribution in [0.1, 0.15) is 0 Å². The standard InChI is InChI=1S/C54H37NS/c1-3-15-38(16-4-1)39-27-32-43(33-28-39)55(44-34-29-40(30-35-44)42-31-36-51-50-24-12-14-26-53(50)56-54(51)37-42)52-25-13-11-23-49(52)48-22-10-9-21-47(48)46-20-8-7-19-45(46)41-17-5-2-6-18-41/h1-37H. The summed E-state index contributed by atoms with van der Waals surface area (Å²) in [5.41, 5.74) is 15.3. The Hall–Kier alpha value is -7.00. The SMILES string of the molecule is c1ccc(-c2ccc(N(c3ccc(-c4ccc5c(c4)sc4ccccc45)cc3)c3ccccc3-c3ccccc3-c3ccccc3-c3ccccc3)cc2)cc1. The molecule has 1 aromatic heterocycles. The maximum atomic E-state index is 2.41. The van der Waals surface area contributed by atoms with Gasteiger partial charge in [0.2, 0.25) is 0 Å². The summed E-state index contributed by atoms with van der Waals surface area (Å²) >= 11 is 1.86. The Kier molecular flexibility index (Phi) is 8.79. The first-order valence-corrected chi connectivity index (χ1v) is 19.9. The van der Waals surface area contributed by atoms with Crippen molar-refractivity contribution in [2.45, 2.75) is 0 Å². The highest BCUT2D eigenvalue weighted by atomic mass is 32.1. The average molecular weight is 732 g/mol. The Balaban J connectivity index is 1.10. The molecule has 56 heavy (non-hydrogen) atoms. The van der Waals surface area contributed by atoms with E-state index in [4.69, 9.17) is 0 Å². The molecule has 0 saturated carbocycles. The highest BCUT2D eigenvalue weighted by Crippen LogP contribution is 2.46. The maximum absolute atomic E-state index is 2.41. The van der Waals surface area contributed by atoms with Crippen LogP contribution in [0.5, 0.6) is 0 Å². The minimum Gasteiger partial charge on any atom is -0.310 e. The van der Waals surface area contributed by atoms with Gasteiger partial charge in [-0.1, -0.05) is 182 Å². The molecular formula is C54H37NS. The zero-order valence-corrected chi connectivity index (χ0v) is 31.5. The number of nitrogens with zero attached hydrogens (tertiary/aromatic N) is 1. The monoisotopic (exact) mass is 731 g/mol. The van der Waals surface area contributed by atoms with Gasteiger partial charge in [-0.15, -0.1) is 11.3 Å². The maximum Gasteiger partial charge on any atom is 0.0540 e. The van der Waals surface area contributed by atoms with Gasteiger partial charge in [-0.25, -0.2) is 0 Å². The molecule has 0 aliphatic carbocycles. The predicted molar refractivity (Wildman–Crippen MR) is 241 cm³/mol. The Bertz CT molecular complexity index is 2940. The fourth-order valence-corrected chi connectivity index (χ4v) is 9.15. The third-order valence-electron chi connectivity index (χ3n) is 10.7. The molecule has 0 N–H and O–H groups in total. The van der Waals surface area contributed by atoms with Crippen LogP contribution < -0.4 is 4.90 Å². The van der Waals surface area contributed by atoms with E-state index in [1.807, 2.05) is 11.3 Å². The number of para-hydroxylation sites is 1. The van der Waals surface area contributed by atoms with Crippen molar-refractivity contribution in [1.82, 2.24) is 0 Å². The molecule has 9 aromatic carbocycles. The summed E-state index contributed by atoms with van der Waals surface area (Å²) in [6.07, 6.45) is 0. The molecule has 0 amide bonds. The second-order valence-electron chi connectivity index (χ2n) is 14.1. The summed E-state index contributed by atoms with van der Waals surface area (Å²) in [6, 6.07) is 81.3. The first kappa shape index (κ1) is 33.6. The summed E-state index contributed by atoms with van der Waals surface area (Å²) in [5.74, 6) is 0. The lowest BCUT2D eigenvalue weighted by molar-refractivity contribution is 1.28. The van der Waals surface area contributed by atoms with Crippen molar-refractivity contribution < 1.29 is 0 Å². The van der Waals surface area contributed by atoms with Gasteiger partial charge < -0.3 is 4.90 Å². The highest BCUT2D eigenvalue weighted by Gasteiger charge is 2.20. The zero-order chi connectivity index (χ0) is 37.3. The molecule has 0 radical (unpaired) electrons. The van der Waals surface area contributed by atoms with E-state index < -0.39 is 0 Å². The van der Waals surface area contributed by atoms with Gasteiger partial charge >= 0.3 is 0 Å². The van der Waals surface area contributed by atoms with Crippen molar-refractivity contribution in [3.63, 3.8) is 0 Å². The minimum absolute atomic E-state index is 1.10. The van der Waals surface area contributed by atoms with Crippen LogP contribution in [0.3, 0.4) is 0 Å². The quantitative estimate of drug-likeness (QED) is 0.150. The van der Waals surface area contributed by atoms with Gasteiger partial charge in [-0.3, -0.25) is 0 Å². The van der Waals surface area contributed by atoms with Crippen LogP contribution in [0.2, 0.25) is 0 Å². The van der Waals surface area contributed by atoms with Crippen molar-refractivity contribution in [3.05, 3.63) is 224 Å². The first-order valence-electron chi connectivity index (χ1n) is 19.1. The van der Waals surface area contributed by atoms with Gasteiger partial charge in [0.15, 0.2) is 0 Å². The van der Waals surface area contributed by atoms with Crippen LogP contribution in [-0.2, 0) is 0 Å². The van der Waals surface area contributed by atoms with Crippen LogP contribution in [0, 0.1) is 0 Å². The Morgan fingerprint density at radius 3 is 1.36 bits per heavy atom. The molecule has 0 aliphatic rings. The third kappa shape index (κ3) is 6.26. The van der Waals surface area contributed by atoms with Crippen molar-refractivity contribution in [2.75, 3.05) is 4.90 Å². The van der Waals surface area contributed by atoms with E-state index in [0.29, 0.717) is 0 Å². The molecule has 0 saturated heterocycles. The predicted octanol–water partition coefficient (Wildman–Crippen LogP) is 15.9. The summed E-state index contributed by atoms with van der Waals surface area (Å²) < 4.78 is 2.64. The van der Waals surface area contributed by atoms with Gasteiger partial charge in [0, 0.05) is 37.1 Å². The van der Waals surface area contributed by atoms with Gasteiger partial charge in [-0.05, 0) is 92.5 Å². The lowest BCUT2D eigenvalue weighted by atomic mass is 9.88. The number of thiophene rings is 1. The molecule has 0 bridgehead atoms. The highest BCUT2D eigenvalue weighted by molar-refractivity contribution is 7.25. The molecule has 264 valence electrons. The summed E-state index contributed by atoms with van der Waals surface area (Å²) in [7, 11) is 0. The van der Waals surface area contributed by atoms with Crippen LogP contribution >= 0.6 is 11.3 Å². The third-order valence-corrected chi connectivity index (χ3v) is 11.9. The second-order valence-corrected chi connectivity index (χ2v) is 15.2. The van der Waals surface area contributed by atoms with E-state index >= 15 is 0 Å². The van der Waals surface area contributed by atoms with E-state index in [2.05, 4.69) is 229 Å². The van der Waals surface area contributed by atoms with E-state index in [9.17, 15) is 0 Å². The lowest BCUT2D eigenvalue weighted by Crippen LogP contribution is -2.11. The molecule has 0 aliphatic heterocycles. The summed E-state index contributed by atoms with van der Waals surface area (Å²) in [6.45, 7) is 0. The molecule has 10 aromatic rings. The van der Waals surface area contributed by atoms with Crippen LogP contribution in [0.25, 0.3) is 75.8 Å². The molecule has 0 unspecified atom stereocenters. The summed E-state index contributed by atoms with van der Waals surface area (Å²) in [4.78, 5) is 2.41. The molecular weight excluding hydrogens is 695 g/mol. The number of hydrogen-bond acceptors (Lipinski definition) is 2. The molecule has 2 heteroatoms. The average Bonchev–Trinajstić information content (AvgIpc) is 3.66. The number of anilines is 3. The van der Waals surface area contributed by atoms with Gasteiger partial charge in [0.1, 0.15) is 0 Å². The molecule has 0 atom stereocenters. The molecule has 0 fully saturated rings. The first-order chi connectivity index (χ1) is 27.8. The largest absolute Gasteiger partial charge is 0.310 e. The lowest BCUT2D eigenvalue weighted by Gasteiger charge is -2.29. The second kappa shape index (κ2) is 14.7. The van der Waals surface area contributed by atoms with Crippen LogP contribution in [0.4, 0.5) is 17.1 Å². The van der Waals surface area contributed by atoms with Gasteiger partial charge in [0.25, 0.3) is 0 Å². The molecule has 0 spiro atoms. The van der Waals surface area contributed by atoms with E-state index in [1.165, 1.54) is 70.2 Å². The van der Waals surface area contributed by atoms with Crippen LogP contribution in [-0.4, -0.2) is 0 Å². The van der Waals surface area contributed by atoms with Gasteiger partial charge in [0.05, 0.1) is 5.69 Å². The Morgan fingerprint density at radius 1 is 0.268 bits per heavy atom. The van der Waals surface area contributed by atoms with Crippen LogP contribution in [0.15, 0.2) is 224 Å².